The van der Waals surface area contributed by atoms with Crippen molar-refractivity contribution in [1.82, 2.24) is 0 Å². The van der Waals surface area contributed by atoms with E-state index in [9.17, 15) is 19.0 Å². The molecule has 0 rings (SSSR count). The quantitative estimate of drug-likeness (QED) is 0.0267. The van der Waals surface area contributed by atoms with Crippen LogP contribution in [0.1, 0.15) is 213 Å². The van der Waals surface area contributed by atoms with Crippen molar-refractivity contribution in [2.24, 2.45) is 5.73 Å². The van der Waals surface area contributed by atoms with Gasteiger partial charge in [-0.1, -0.05) is 166 Å². The van der Waals surface area contributed by atoms with E-state index in [-0.39, 0.29) is 32.6 Å². The smallest absolute Gasteiger partial charge is 0.462 e. The lowest BCUT2D eigenvalue weighted by molar-refractivity contribution is -0.161. The number of nitrogens with two attached hydrogens (primary N) is 1. The summed E-state index contributed by atoms with van der Waals surface area (Å²) in [5.74, 6) is -0.886. The lowest BCUT2D eigenvalue weighted by Crippen LogP contribution is -2.29. The van der Waals surface area contributed by atoms with Crippen molar-refractivity contribution in [3.8, 4) is 0 Å². The Morgan fingerprint density at radius 2 is 0.911 bits per heavy atom. The third-order valence-electron chi connectivity index (χ3n) is 9.73. The van der Waals surface area contributed by atoms with E-state index >= 15 is 0 Å². The van der Waals surface area contributed by atoms with Crippen molar-refractivity contribution >= 4 is 19.8 Å². The van der Waals surface area contributed by atoms with Gasteiger partial charge in [-0.25, -0.2) is 4.57 Å². The minimum absolute atomic E-state index is 0.0464. The van der Waals surface area contributed by atoms with Crippen LogP contribution in [-0.4, -0.2) is 49.3 Å². The molecule has 2 atom stereocenters. The van der Waals surface area contributed by atoms with Crippen LogP contribution in [0.4, 0.5) is 0 Å². The fraction of sp³-hybridized carbons (Fsp3) is 0.826. The van der Waals surface area contributed by atoms with Crippen molar-refractivity contribution in [3.05, 3.63) is 36.5 Å². The van der Waals surface area contributed by atoms with Crippen LogP contribution < -0.4 is 5.73 Å². The molecule has 10 heteroatoms. The summed E-state index contributed by atoms with van der Waals surface area (Å²) in [5, 5.41) is 0. The average molecular weight is 812 g/mol. The summed E-state index contributed by atoms with van der Waals surface area (Å²) < 4.78 is 32.7. The van der Waals surface area contributed by atoms with Crippen LogP contribution in [0.25, 0.3) is 0 Å². The number of hydrogen-bond donors (Lipinski definition) is 2. The van der Waals surface area contributed by atoms with E-state index in [1.54, 1.807) is 0 Å². The monoisotopic (exact) mass is 812 g/mol. The Morgan fingerprint density at radius 1 is 0.518 bits per heavy atom. The molecule has 1 unspecified atom stereocenters. The molecule has 0 spiro atoms. The highest BCUT2D eigenvalue weighted by Crippen LogP contribution is 2.43. The zero-order valence-electron chi connectivity index (χ0n) is 36.1. The summed E-state index contributed by atoms with van der Waals surface area (Å²) in [5.41, 5.74) is 5.34. The standard InChI is InChI=1S/C46H86NO8P/c1-3-5-7-9-11-13-15-17-18-19-20-21-22-23-24-25-26-27-29-31-33-35-37-39-46(49)55-44(43-54-56(50,51)53-41-40-47)42-52-45(48)38-36-34-32-30-28-16-14-12-10-8-6-4-2/h12,14,25-26,31,33,44H,3-11,13,15-24,27-30,32,34-43,47H2,1-2H3,(H,50,51)/b14-12+,26-25+,33-31+/t44-/m1/s1. The van der Waals surface area contributed by atoms with Gasteiger partial charge >= 0.3 is 19.8 Å². The lowest BCUT2D eigenvalue weighted by atomic mass is 10.0. The number of unbranched alkanes of at least 4 members (excludes halogenated alkanes) is 24. The predicted molar refractivity (Wildman–Crippen MR) is 234 cm³/mol. The molecule has 56 heavy (non-hydrogen) atoms. The number of esters is 2. The number of phosphoric ester groups is 1. The van der Waals surface area contributed by atoms with Crippen LogP contribution >= 0.6 is 7.82 Å². The largest absolute Gasteiger partial charge is 0.472 e. The fourth-order valence-electron chi connectivity index (χ4n) is 6.30. The van der Waals surface area contributed by atoms with Gasteiger partial charge in [0.1, 0.15) is 6.61 Å². The van der Waals surface area contributed by atoms with Crippen molar-refractivity contribution in [3.63, 3.8) is 0 Å². The van der Waals surface area contributed by atoms with Gasteiger partial charge in [-0.3, -0.25) is 18.6 Å². The van der Waals surface area contributed by atoms with E-state index in [0.717, 1.165) is 64.2 Å². The van der Waals surface area contributed by atoms with Crippen LogP contribution in [0.15, 0.2) is 36.5 Å². The molecule has 0 saturated heterocycles. The van der Waals surface area contributed by atoms with Gasteiger partial charge in [0.25, 0.3) is 0 Å². The molecule has 0 fully saturated rings. The van der Waals surface area contributed by atoms with Gasteiger partial charge in [0.05, 0.1) is 13.2 Å². The molecule has 9 nitrogen and oxygen atoms in total. The molecule has 0 aliphatic heterocycles. The highest BCUT2D eigenvalue weighted by atomic mass is 31.2. The fourth-order valence-corrected chi connectivity index (χ4v) is 7.06. The molecular formula is C46H86NO8P. The van der Waals surface area contributed by atoms with Crippen LogP contribution in [0, 0.1) is 0 Å². The second-order valence-electron chi connectivity index (χ2n) is 15.3. The maximum Gasteiger partial charge on any atom is 0.472 e. The normalized spacial score (nSPS) is 13.6. The first-order chi connectivity index (χ1) is 27.3. The number of allylic oxidation sites excluding steroid dienone is 6. The summed E-state index contributed by atoms with van der Waals surface area (Å²) in [4.78, 5) is 34.8. The van der Waals surface area contributed by atoms with Crippen molar-refractivity contribution in [2.75, 3.05) is 26.4 Å². The molecule has 0 saturated carbocycles. The van der Waals surface area contributed by atoms with E-state index in [1.165, 1.54) is 116 Å². The Kier molecular flexibility index (Phi) is 41.5. The lowest BCUT2D eigenvalue weighted by Gasteiger charge is -2.19. The van der Waals surface area contributed by atoms with Crippen molar-refractivity contribution in [1.29, 1.82) is 0 Å². The number of carbonyl (C=O) groups is 2. The number of hydrogen-bond acceptors (Lipinski definition) is 8. The molecular weight excluding hydrogens is 725 g/mol. The number of ether oxygens (including phenoxy) is 2. The van der Waals surface area contributed by atoms with E-state index in [1.807, 2.05) is 0 Å². The van der Waals surface area contributed by atoms with E-state index < -0.39 is 32.5 Å². The molecule has 0 bridgehead atoms. The molecule has 0 aliphatic carbocycles. The summed E-state index contributed by atoms with van der Waals surface area (Å²) in [6.45, 7) is 3.67. The number of rotatable bonds is 43. The molecule has 3 N–H and O–H groups in total. The Bertz CT molecular complexity index is 1020. The van der Waals surface area contributed by atoms with Crippen LogP contribution in [0.2, 0.25) is 0 Å². The number of phosphoric acid groups is 1. The Morgan fingerprint density at radius 3 is 1.41 bits per heavy atom. The summed E-state index contributed by atoms with van der Waals surface area (Å²) in [6.07, 6.45) is 47.7. The topological polar surface area (TPSA) is 134 Å². The summed E-state index contributed by atoms with van der Waals surface area (Å²) in [6, 6.07) is 0. The molecule has 0 amide bonds. The summed E-state index contributed by atoms with van der Waals surface area (Å²) >= 11 is 0. The van der Waals surface area contributed by atoms with E-state index in [4.69, 9.17) is 24.3 Å². The first-order valence-corrected chi connectivity index (χ1v) is 24.5. The predicted octanol–water partition coefficient (Wildman–Crippen LogP) is 13.3. The second-order valence-corrected chi connectivity index (χ2v) is 16.7. The molecule has 0 heterocycles. The maximum absolute atomic E-state index is 12.6. The van der Waals surface area contributed by atoms with Crippen LogP contribution in [0.3, 0.4) is 0 Å². The highest BCUT2D eigenvalue weighted by molar-refractivity contribution is 7.47. The SMILES string of the molecule is CCCCC/C=C/CCCCCCCC(=O)OC[C@H](COP(=O)(O)OCCN)OC(=O)CCC/C=C/CC/C=C/CCCCCCCCCCCCCCCC. The van der Waals surface area contributed by atoms with E-state index in [0.29, 0.717) is 6.42 Å². The molecule has 328 valence electrons. The first kappa shape index (κ1) is 54.2. The van der Waals surface area contributed by atoms with Gasteiger partial charge in [0.2, 0.25) is 0 Å². The Labute approximate surface area is 344 Å². The maximum atomic E-state index is 12.6. The third kappa shape index (κ3) is 41.9. The van der Waals surface area contributed by atoms with E-state index in [2.05, 4.69) is 50.3 Å². The van der Waals surface area contributed by atoms with Crippen molar-refractivity contribution in [2.45, 2.75) is 219 Å². The summed E-state index contributed by atoms with van der Waals surface area (Å²) in [7, 11) is -4.39. The molecule has 0 aliphatic rings. The highest BCUT2D eigenvalue weighted by Gasteiger charge is 2.26. The zero-order chi connectivity index (χ0) is 41.1. The van der Waals surface area contributed by atoms with Gasteiger partial charge in [0.15, 0.2) is 6.10 Å². The minimum atomic E-state index is -4.39. The van der Waals surface area contributed by atoms with Gasteiger partial charge in [0, 0.05) is 19.4 Å². The van der Waals surface area contributed by atoms with Gasteiger partial charge in [-0.05, 0) is 70.6 Å². The average Bonchev–Trinajstić information content (AvgIpc) is 3.18. The minimum Gasteiger partial charge on any atom is -0.462 e. The Balaban J connectivity index is 4.12. The van der Waals surface area contributed by atoms with Gasteiger partial charge in [-0.2, -0.15) is 0 Å². The van der Waals surface area contributed by atoms with Gasteiger partial charge in [-0.15, -0.1) is 0 Å². The zero-order valence-corrected chi connectivity index (χ0v) is 37.0. The van der Waals surface area contributed by atoms with Crippen LogP contribution in [0.5, 0.6) is 0 Å². The molecule has 0 aromatic carbocycles. The third-order valence-corrected chi connectivity index (χ3v) is 10.7. The number of carbonyl (C=O) groups excluding carboxylic acids is 2. The second kappa shape index (κ2) is 42.8. The first-order valence-electron chi connectivity index (χ1n) is 23.0. The molecule has 0 radical (unpaired) electrons. The van der Waals surface area contributed by atoms with Crippen LogP contribution in [-0.2, 0) is 32.7 Å². The Hall–Kier alpha value is -1.77. The van der Waals surface area contributed by atoms with Crippen molar-refractivity contribution < 1.29 is 37.6 Å². The molecule has 0 aromatic heterocycles. The molecule has 0 aromatic rings. The van der Waals surface area contributed by atoms with Gasteiger partial charge < -0.3 is 20.1 Å².